The fourth-order valence-electron chi connectivity index (χ4n) is 2.62. The van der Waals surface area contributed by atoms with Crippen LogP contribution >= 0.6 is 0 Å². The van der Waals surface area contributed by atoms with Crippen molar-refractivity contribution in [1.29, 1.82) is 0 Å². The van der Waals surface area contributed by atoms with E-state index in [2.05, 4.69) is 10.3 Å². The zero-order valence-corrected chi connectivity index (χ0v) is 13.0. The number of aromatic nitrogens is 1. The molecule has 25 heavy (non-hydrogen) atoms. The third-order valence-corrected chi connectivity index (χ3v) is 3.90. The molecular formula is C17H14FN3O4. The van der Waals surface area contributed by atoms with Gasteiger partial charge in [0.15, 0.2) is 0 Å². The third-order valence-electron chi connectivity index (χ3n) is 3.90. The van der Waals surface area contributed by atoms with E-state index in [0.717, 1.165) is 6.20 Å². The number of carbonyl (C=O) groups is 3. The number of benzene rings is 1. The van der Waals surface area contributed by atoms with Crippen LogP contribution in [0.25, 0.3) is 0 Å². The predicted octanol–water partition coefficient (Wildman–Crippen LogP) is 1.45. The number of carboxylic acid groups (broad SMARTS) is 1. The third kappa shape index (κ3) is 3.32. The quantitative estimate of drug-likeness (QED) is 0.875. The van der Waals surface area contributed by atoms with Gasteiger partial charge in [0.05, 0.1) is 11.3 Å². The van der Waals surface area contributed by atoms with Crippen molar-refractivity contribution in [3.63, 3.8) is 0 Å². The molecule has 1 atom stereocenters. The van der Waals surface area contributed by atoms with Gasteiger partial charge >= 0.3 is 5.97 Å². The Morgan fingerprint density at radius 3 is 2.64 bits per heavy atom. The van der Waals surface area contributed by atoms with E-state index in [-0.39, 0.29) is 16.9 Å². The molecule has 0 bridgehead atoms. The molecule has 1 aliphatic rings. The summed E-state index contributed by atoms with van der Waals surface area (Å²) >= 11 is 0. The van der Waals surface area contributed by atoms with E-state index in [1.165, 1.54) is 35.2 Å². The molecule has 7 nitrogen and oxygen atoms in total. The molecule has 0 radical (unpaired) electrons. The van der Waals surface area contributed by atoms with Crippen LogP contribution in [0, 0.1) is 5.82 Å². The van der Waals surface area contributed by atoms with Gasteiger partial charge in [-0.2, -0.15) is 0 Å². The highest BCUT2D eigenvalue weighted by atomic mass is 19.1. The minimum absolute atomic E-state index is 0.141. The van der Waals surface area contributed by atoms with E-state index in [4.69, 9.17) is 5.11 Å². The fraction of sp³-hybridized carbons (Fsp3) is 0.176. The number of aromatic carboxylic acids is 1. The topological polar surface area (TPSA) is 99.6 Å². The predicted molar refractivity (Wildman–Crippen MR) is 85.8 cm³/mol. The highest BCUT2D eigenvalue weighted by molar-refractivity contribution is 6.04. The van der Waals surface area contributed by atoms with Gasteiger partial charge in [-0.25, -0.2) is 14.2 Å². The van der Waals surface area contributed by atoms with Crippen LogP contribution in [0.3, 0.4) is 0 Å². The summed E-state index contributed by atoms with van der Waals surface area (Å²) < 4.78 is 13.8. The lowest BCUT2D eigenvalue weighted by Crippen LogP contribution is -2.41. The van der Waals surface area contributed by atoms with Gasteiger partial charge in [0.1, 0.15) is 17.6 Å². The van der Waals surface area contributed by atoms with Crippen LogP contribution in [0.5, 0.6) is 0 Å². The molecule has 1 aromatic heterocycles. The Hall–Kier alpha value is -3.29. The smallest absolute Gasteiger partial charge is 0.354 e. The molecule has 0 saturated carbocycles. The summed E-state index contributed by atoms with van der Waals surface area (Å²) in [5.74, 6) is -2.64. The number of nitrogens with zero attached hydrogens (tertiary/aromatic N) is 2. The van der Waals surface area contributed by atoms with E-state index in [1.54, 1.807) is 6.07 Å². The lowest BCUT2D eigenvalue weighted by Gasteiger charge is -2.17. The first-order valence-electron chi connectivity index (χ1n) is 7.53. The van der Waals surface area contributed by atoms with Gasteiger partial charge in [-0.15, -0.1) is 0 Å². The summed E-state index contributed by atoms with van der Waals surface area (Å²) in [6, 6.07) is 7.70. The first kappa shape index (κ1) is 16.6. The number of pyridine rings is 1. The summed E-state index contributed by atoms with van der Waals surface area (Å²) in [4.78, 5) is 40.3. The van der Waals surface area contributed by atoms with Gasteiger partial charge in [-0.1, -0.05) is 12.1 Å². The van der Waals surface area contributed by atoms with Crippen molar-refractivity contribution in [2.24, 2.45) is 0 Å². The Bertz CT molecular complexity index is 838. The molecule has 0 aliphatic carbocycles. The Labute approximate surface area is 142 Å². The van der Waals surface area contributed by atoms with Crippen LogP contribution < -0.4 is 10.2 Å². The Morgan fingerprint density at radius 2 is 2.00 bits per heavy atom. The summed E-state index contributed by atoms with van der Waals surface area (Å²) in [5, 5.41) is 11.4. The van der Waals surface area contributed by atoms with Gasteiger partial charge < -0.3 is 15.3 Å². The molecular weight excluding hydrogens is 329 g/mol. The molecule has 2 aromatic rings. The zero-order valence-electron chi connectivity index (χ0n) is 13.0. The van der Waals surface area contributed by atoms with Gasteiger partial charge in [-0.3, -0.25) is 9.59 Å². The summed E-state index contributed by atoms with van der Waals surface area (Å²) in [6.07, 6.45) is 1.48. The maximum absolute atomic E-state index is 13.8. The highest BCUT2D eigenvalue weighted by Crippen LogP contribution is 2.24. The van der Waals surface area contributed by atoms with Gasteiger partial charge in [0, 0.05) is 12.7 Å². The number of carbonyl (C=O) groups excluding carboxylic acids is 2. The molecule has 1 fully saturated rings. The van der Waals surface area contributed by atoms with Crippen LogP contribution in [0.1, 0.15) is 27.3 Å². The van der Waals surface area contributed by atoms with Gasteiger partial charge in [-0.05, 0) is 30.7 Å². The van der Waals surface area contributed by atoms with Crippen molar-refractivity contribution in [3.8, 4) is 0 Å². The second-order valence-electron chi connectivity index (χ2n) is 5.49. The van der Waals surface area contributed by atoms with Crippen LogP contribution in [-0.2, 0) is 4.79 Å². The molecule has 3 rings (SSSR count). The molecule has 0 spiro atoms. The van der Waals surface area contributed by atoms with Crippen LogP contribution in [-0.4, -0.2) is 40.5 Å². The van der Waals surface area contributed by atoms with Crippen molar-refractivity contribution >= 4 is 23.5 Å². The standard InChI is InChI=1S/C17H14FN3O4/c18-11-3-1-2-4-14(11)21-8-7-12(16(21)23)20-15(22)10-5-6-13(17(24)25)19-9-10/h1-6,9,12H,7-8H2,(H,20,22)(H,24,25). The van der Waals surface area contributed by atoms with Crippen molar-refractivity contribution in [2.75, 3.05) is 11.4 Å². The minimum atomic E-state index is -1.20. The van der Waals surface area contributed by atoms with Crippen molar-refractivity contribution < 1.29 is 23.9 Å². The first-order chi connectivity index (χ1) is 12.0. The number of anilines is 1. The molecule has 2 N–H and O–H groups in total. The van der Waals surface area contributed by atoms with E-state index >= 15 is 0 Å². The van der Waals surface area contributed by atoms with Crippen LogP contribution in [0.2, 0.25) is 0 Å². The monoisotopic (exact) mass is 343 g/mol. The van der Waals surface area contributed by atoms with Crippen LogP contribution in [0.15, 0.2) is 42.6 Å². The summed E-state index contributed by atoms with van der Waals surface area (Å²) in [5.41, 5.74) is 0.137. The molecule has 2 heterocycles. The average molecular weight is 343 g/mol. The van der Waals surface area contributed by atoms with E-state index in [1.807, 2.05) is 0 Å². The number of rotatable bonds is 4. The maximum atomic E-state index is 13.8. The lowest BCUT2D eigenvalue weighted by molar-refractivity contribution is -0.118. The van der Waals surface area contributed by atoms with Crippen molar-refractivity contribution in [1.82, 2.24) is 10.3 Å². The number of halogens is 1. The largest absolute Gasteiger partial charge is 0.477 e. The van der Waals surface area contributed by atoms with Gasteiger partial charge in [0.2, 0.25) is 5.91 Å². The van der Waals surface area contributed by atoms with E-state index < -0.39 is 29.6 Å². The number of carboxylic acids is 1. The normalized spacial score (nSPS) is 16.8. The molecule has 1 unspecified atom stereocenters. The average Bonchev–Trinajstić information content (AvgIpc) is 2.96. The van der Waals surface area contributed by atoms with E-state index in [9.17, 15) is 18.8 Å². The van der Waals surface area contributed by atoms with Crippen LogP contribution in [0.4, 0.5) is 10.1 Å². The summed E-state index contributed by atoms with van der Waals surface area (Å²) in [6.45, 7) is 0.293. The number of nitrogens with one attached hydrogen (secondary N) is 1. The zero-order chi connectivity index (χ0) is 18.0. The number of hydrogen-bond acceptors (Lipinski definition) is 4. The molecule has 1 aliphatic heterocycles. The van der Waals surface area contributed by atoms with Gasteiger partial charge in [0.25, 0.3) is 5.91 Å². The second-order valence-corrected chi connectivity index (χ2v) is 5.49. The Kier molecular flexibility index (Phi) is 4.42. The lowest BCUT2D eigenvalue weighted by atomic mass is 10.2. The summed E-state index contributed by atoms with van der Waals surface area (Å²) in [7, 11) is 0. The SMILES string of the molecule is O=C(NC1CCN(c2ccccc2F)C1=O)c1ccc(C(=O)O)nc1. The molecule has 1 aromatic carbocycles. The Morgan fingerprint density at radius 1 is 1.24 bits per heavy atom. The highest BCUT2D eigenvalue weighted by Gasteiger charge is 2.34. The Balaban J connectivity index is 1.69. The number of amides is 2. The van der Waals surface area contributed by atoms with Crippen molar-refractivity contribution in [3.05, 3.63) is 59.7 Å². The number of para-hydroxylation sites is 1. The fourth-order valence-corrected chi connectivity index (χ4v) is 2.62. The molecule has 2 amide bonds. The molecule has 1 saturated heterocycles. The molecule has 8 heteroatoms. The second kappa shape index (κ2) is 6.68. The van der Waals surface area contributed by atoms with E-state index in [0.29, 0.717) is 13.0 Å². The van der Waals surface area contributed by atoms with Crippen molar-refractivity contribution in [2.45, 2.75) is 12.5 Å². The first-order valence-corrected chi connectivity index (χ1v) is 7.53. The minimum Gasteiger partial charge on any atom is -0.477 e. The molecule has 128 valence electrons. The number of hydrogen-bond donors (Lipinski definition) is 2. The maximum Gasteiger partial charge on any atom is 0.354 e.